The Morgan fingerprint density at radius 1 is 0.329 bits per heavy atom. The van der Waals surface area contributed by atoms with Crippen LogP contribution in [-0.2, 0) is 21.7 Å². The number of hydrogen-bond donors (Lipinski definition) is 0. The normalized spacial score (nSPS) is 13.7. The maximum Gasteiger partial charge on any atom is 0.264 e. The Hall–Kier alpha value is -7.40. The summed E-state index contributed by atoms with van der Waals surface area (Å²) in [5.74, 6) is 0. The van der Waals surface area contributed by atoms with Gasteiger partial charge in [0.25, 0.3) is 6.71 Å². The fourth-order valence-corrected chi connectivity index (χ4v) is 13.6. The Morgan fingerprint density at radius 2 is 0.842 bits per heavy atom. The molecule has 1 aromatic heterocycles. The standard InChI is InChI=1S/C72H67BN2S/c1-69(2,3)48-21-18-23-53(42-48)75-64-29-19-28-63-66(64)73(68-67(75)60-43-49(70(4,5)6)32-35-65(60)76-68)61-40-46(47-36-50(71(7,8)9)41-51(37-47)72(10,11)12)31-34-62(61)74(63)52-22-17-20-44(38-52)45-30-33-58-56-26-14-13-24-54(56)55-25-15-16-27-57(55)59(58)39-45/h13-43H,1-12H3. The number of nitrogens with zero attached hydrogens (tertiary/aromatic N) is 2. The molecule has 11 aromatic rings. The van der Waals surface area contributed by atoms with Crippen LogP contribution < -0.4 is 25.5 Å². The molecule has 0 bridgehead atoms. The zero-order valence-corrected chi connectivity index (χ0v) is 47.1. The van der Waals surface area contributed by atoms with Crippen LogP contribution >= 0.6 is 11.3 Å². The van der Waals surface area contributed by atoms with Gasteiger partial charge in [0.15, 0.2) is 0 Å². The van der Waals surface area contributed by atoms with Gasteiger partial charge in [-0.15, -0.1) is 11.3 Å². The minimum Gasteiger partial charge on any atom is -0.311 e. The van der Waals surface area contributed by atoms with Crippen molar-refractivity contribution in [1.82, 2.24) is 0 Å². The van der Waals surface area contributed by atoms with Crippen LogP contribution in [0.25, 0.3) is 64.7 Å². The lowest BCUT2D eigenvalue weighted by Gasteiger charge is -2.43. The first-order valence-electron chi connectivity index (χ1n) is 27.4. The van der Waals surface area contributed by atoms with Crippen molar-refractivity contribution >= 4 is 110 Å². The molecule has 2 aliphatic rings. The lowest BCUT2D eigenvalue weighted by molar-refractivity contribution is 0.569. The second-order valence-corrected chi connectivity index (χ2v) is 26.9. The molecule has 0 N–H and O–H groups in total. The molecule has 76 heavy (non-hydrogen) atoms. The third-order valence-electron chi connectivity index (χ3n) is 16.6. The minimum absolute atomic E-state index is 0.00963. The second-order valence-electron chi connectivity index (χ2n) is 25.9. The predicted octanol–water partition coefficient (Wildman–Crippen LogP) is 19.0. The summed E-state index contributed by atoms with van der Waals surface area (Å²) >= 11 is 1.98. The van der Waals surface area contributed by atoms with Crippen molar-refractivity contribution in [3.05, 3.63) is 210 Å². The Labute approximate surface area is 454 Å². The molecule has 0 aliphatic carbocycles. The third kappa shape index (κ3) is 7.81. The summed E-state index contributed by atoms with van der Waals surface area (Å²) in [4.78, 5) is 5.20. The monoisotopic (exact) mass is 1000 g/mol. The van der Waals surface area contributed by atoms with E-state index in [-0.39, 0.29) is 28.4 Å². The van der Waals surface area contributed by atoms with Gasteiger partial charge in [-0.2, -0.15) is 0 Å². The molecule has 10 aromatic carbocycles. The average Bonchev–Trinajstić information content (AvgIpc) is 3.89. The first kappa shape index (κ1) is 48.3. The fourth-order valence-electron chi connectivity index (χ4n) is 12.3. The number of rotatable bonds is 4. The van der Waals surface area contributed by atoms with Crippen molar-refractivity contribution in [2.45, 2.75) is 105 Å². The van der Waals surface area contributed by atoms with Crippen LogP contribution in [0.5, 0.6) is 0 Å². The van der Waals surface area contributed by atoms with Crippen molar-refractivity contribution in [3.8, 4) is 22.3 Å². The zero-order valence-electron chi connectivity index (χ0n) is 46.3. The zero-order chi connectivity index (χ0) is 52.8. The third-order valence-corrected chi connectivity index (χ3v) is 17.8. The highest BCUT2D eigenvalue weighted by molar-refractivity contribution is 7.33. The SMILES string of the molecule is CC(C)(C)c1cccc(N2c3cccc4c3B(c3cc(-c5cc(C(C)(C)C)cc(C(C)(C)C)c5)ccc3N4c3cccc(-c4ccc5c6ccccc6c6ccccc6c5c4)c3)c3sc4ccc(C(C)(C)C)cc4c32)c1. The molecule has 4 heteroatoms. The average molecular weight is 1000 g/mol. The Bertz CT molecular complexity index is 4120. The van der Waals surface area contributed by atoms with E-state index in [1.165, 1.54) is 131 Å². The van der Waals surface area contributed by atoms with Gasteiger partial charge in [-0.3, -0.25) is 0 Å². The van der Waals surface area contributed by atoms with Gasteiger partial charge >= 0.3 is 0 Å². The summed E-state index contributed by atoms with van der Waals surface area (Å²) < 4.78 is 2.71. The molecule has 0 atom stereocenters. The molecule has 374 valence electrons. The first-order valence-corrected chi connectivity index (χ1v) is 28.2. The summed E-state index contributed by atoms with van der Waals surface area (Å²) in [7, 11) is 0. The van der Waals surface area contributed by atoms with Crippen LogP contribution in [-0.4, -0.2) is 6.71 Å². The molecule has 13 rings (SSSR count). The molecule has 0 radical (unpaired) electrons. The van der Waals surface area contributed by atoms with Crippen LogP contribution in [0.1, 0.15) is 105 Å². The number of anilines is 6. The van der Waals surface area contributed by atoms with Gasteiger partial charge in [0, 0.05) is 43.3 Å². The summed E-state index contributed by atoms with van der Waals surface area (Å²) in [5, 5.41) is 9.05. The summed E-state index contributed by atoms with van der Waals surface area (Å²) in [6.45, 7) is 28.1. The molecule has 3 heterocycles. The molecule has 0 saturated heterocycles. The molecule has 0 amide bonds. The van der Waals surface area contributed by atoms with E-state index in [1.54, 1.807) is 0 Å². The van der Waals surface area contributed by atoms with Crippen LogP contribution in [0.4, 0.5) is 34.1 Å². The van der Waals surface area contributed by atoms with E-state index in [2.05, 4.69) is 281 Å². The van der Waals surface area contributed by atoms with Crippen LogP contribution in [0.15, 0.2) is 188 Å². The lowest BCUT2D eigenvalue weighted by atomic mass is 9.36. The Balaban J connectivity index is 1.08. The Kier molecular flexibility index (Phi) is 10.8. The summed E-state index contributed by atoms with van der Waals surface area (Å²) in [6, 6.07) is 72.6. The van der Waals surface area contributed by atoms with E-state index < -0.39 is 0 Å². The van der Waals surface area contributed by atoms with E-state index in [1.807, 2.05) is 11.3 Å². The van der Waals surface area contributed by atoms with Gasteiger partial charge in [-0.05, 0) is 170 Å². The second kappa shape index (κ2) is 17.1. The number of fused-ring (bicyclic) bond motifs is 12. The van der Waals surface area contributed by atoms with Gasteiger partial charge in [0.1, 0.15) is 0 Å². The van der Waals surface area contributed by atoms with E-state index in [4.69, 9.17) is 0 Å². The smallest absolute Gasteiger partial charge is 0.264 e. The van der Waals surface area contributed by atoms with Gasteiger partial charge in [-0.25, -0.2) is 0 Å². The topological polar surface area (TPSA) is 6.48 Å². The number of benzene rings is 10. The molecular weight excluding hydrogens is 936 g/mol. The van der Waals surface area contributed by atoms with Crippen molar-refractivity contribution < 1.29 is 0 Å². The van der Waals surface area contributed by atoms with Gasteiger partial charge in [0.05, 0.1) is 5.69 Å². The lowest BCUT2D eigenvalue weighted by Crippen LogP contribution is -2.60. The van der Waals surface area contributed by atoms with Crippen molar-refractivity contribution in [2.24, 2.45) is 0 Å². The van der Waals surface area contributed by atoms with Gasteiger partial charge < -0.3 is 9.80 Å². The van der Waals surface area contributed by atoms with Crippen molar-refractivity contribution in [1.29, 1.82) is 0 Å². The Morgan fingerprint density at radius 3 is 1.47 bits per heavy atom. The summed E-state index contributed by atoms with van der Waals surface area (Å²) in [5.41, 5.74) is 20.2. The van der Waals surface area contributed by atoms with E-state index in [0.717, 1.165) is 5.69 Å². The van der Waals surface area contributed by atoms with E-state index in [0.29, 0.717) is 0 Å². The highest BCUT2D eigenvalue weighted by atomic mass is 32.1. The maximum atomic E-state index is 2.63. The van der Waals surface area contributed by atoms with Crippen LogP contribution in [0.3, 0.4) is 0 Å². The fraction of sp³-hybridized carbons (Fsp3) is 0.222. The van der Waals surface area contributed by atoms with E-state index in [9.17, 15) is 0 Å². The van der Waals surface area contributed by atoms with Gasteiger partial charge in [-0.1, -0.05) is 210 Å². The number of thiophene rings is 1. The van der Waals surface area contributed by atoms with Crippen molar-refractivity contribution in [2.75, 3.05) is 9.80 Å². The molecule has 0 saturated carbocycles. The molecule has 0 unspecified atom stereocenters. The maximum absolute atomic E-state index is 2.63. The van der Waals surface area contributed by atoms with E-state index >= 15 is 0 Å². The van der Waals surface area contributed by atoms with Crippen LogP contribution in [0.2, 0.25) is 0 Å². The number of hydrogen-bond acceptors (Lipinski definition) is 3. The minimum atomic E-state index is -0.0242. The highest BCUT2D eigenvalue weighted by Crippen LogP contribution is 2.50. The molecular formula is C72H67BN2S. The predicted molar refractivity (Wildman–Crippen MR) is 334 cm³/mol. The quantitative estimate of drug-likeness (QED) is 0.128. The first-order chi connectivity index (χ1) is 36.2. The van der Waals surface area contributed by atoms with Gasteiger partial charge in [0.2, 0.25) is 0 Å². The van der Waals surface area contributed by atoms with Crippen LogP contribution in [0, 0.1) is 0 Å². The largest absolute Gasteiger partial charge is 0.311 e. The molecule has 2 nitrogen and oxygen atoms in total. The molecule has 2 aliphatic heterocycles. The van der Waals surface area contributed by atoms with Crippen molar-refractivity contribution in [3.63, 3.8) is 0 Å². The summed E-state index contributed by atoms with van der Waals surface area (Å²) in [6.07, 6.45) is 0. The highest BCUT2D eigenvalue weighted by Gasteiger charge is 2.45. The molecule has 0 fully saturated rings. The molecule has 0 spiro atoms.